The third kappa shape index (κ3) is 5.81. The Hall–Kier alpha value is -3.23. The number of nitrogens with one attached hydrogen (secondary N) is 1. The molecule has 1 unspecified atom stereocenters. The van der Waals surface area contributed by atoms with Crippen molar-refractivity contribution in [1.82, 2.24) is 9.62 Å². The molecule has 3 aromatic rings. The van der Waals surface area contributed by atoms with Gasteiger partial charge in [0.15, 0.2) is 0 Å². The van der Waals surface area contributed by atoms with Gasteiger partial charge in [-0.25, -0.2) is 12.8 Å². The molecule has 1 atom stereocenters. The van der Waals surface area contributed by atoms with E-state index in [9.17, 15) is 17.6 Å². The van der Waals surface area contributed by atoms with E-state index in [0.29, 0.717) is 31.7 Å². The predicted octanol–water partition coefficient (Wildman–Crippen LogP) is 3.49. The van der Waals surface area contributed by atoms with Crippen molar-refractivity contribution >= 4 is 21.6 Å². The van der Waals surface area contributed by atoms with Gasteiger partial charge in [-0.3, -0.25) is 4.79 Å². The minimum Gasteiger partial charge on any atom is -0.369 e. The number of hydrogen-bond donors (Lipinski definition) is 1. The van der Waals surface area contributed by atoms with Crippen LogP contribution in [-0.4, -0.2) is 50.6 Å². The molecule has 0 radical (unpaired) electrons. The van der Waals surface area contributed by atoms with Gasteiger partial charge in [0.05, 0.1) is 6.04 Å². The zero-order valence-electron chi connectivity index (χ0n) is 19.0. The van der Waals surface area contributed by atoms with E-state index in [1.54, 1.807) is 12.1 Å². The number of piperazine rings is 1. The monoisotopic (exact) mass is 481 g/mol. The Bertz CT molecular complexity index is 1230. The molecule has 1 aliphatic heterocycles. The summed E-state index contributed by atoms with van der Waals surface area (Å²) in [5, 5.41) is 2.83. The zero-order chi connectivity index (χ0) is 24.1. The summed E-state index contributed by atoms with van der Waals surface area (Å²) in [6.07, 6.45) is 0. The van der Waals surface area contributed by atoms with Crippen LogP contribution in [0.1, 0.15) is 22.7 Å². The number of sulfonamides is 1. The summed E-state index contributed by atoms with van der Waals surface area (Å²) >= 11 is 0. The highest BCUT2D eigenvalue weighted by atomic mass is 32.2. The molecule has 0 saturated carbocycles. The van der Waals surface area contributed by atoms with Gasteiger partial charge < -0.3 is 10.2 Å². The van der Waals surface area contributed by atoms with Crippen LogP contribution < -0.4 is 10.2 Å². The van der Waals surface area contributed by atoms with E-state index in [4.69, 9.17) is 0 Å². The van der Waals surface area contributed by atoms with Gasteiger partial charge in [0.25, 0.3) is 0 Å². The molecule has 1 N–H and O–H groups in total. The van der Waals surface area contributed by atoms with E-state index in [-0.39, 0.29) is 5.82 Å². The lowest BCUT2D eigenvalue weighted by molar-refractivity contribution is -0.119. The van der Waals surface area contributed by atoms with E-state index in [0.717, 1.165) is 16.8 Å². The Balaban J connectivity index is 1.42. The van der Waals surface area contributed by atoms with Crippen LogP contribution in [0.25, 0.3) is 0 Å². The molecule has 34 heavy (non-hydrogen) atoms. The molecule has 1 fully saturated rings. The highest BCUT2D eigenvalue weighted by molar-refractivity contribution is 7.89. The standard InChI is InChI=1S/C26H28FN3O3S/c1-20-6-5-9-24(18-20)29-14-16-30(17-15-29)34(32,33)19-25(31)28-26(21-7-3-2-4-8-21)22-10-12-23(27)13-11-22/h2-13,18,26H,14-17,19H2,1H3,(H,28,31). The molecular weight excluding hydrogens is 453 g/mol. The van der Waals surface area contributed by atoms with Crippen LogP contribution in [0, 0.1) is 12.7 Å². The van der Waals surface area contributed by atoms with Gasteiger partial charge in [0, 0.05) is 31.9 Å². The second-order valence-corrected chi connectivity index (χ2v) is 10.4. The molecule has 0 aromatic heterocycles. The summed E-state index contributed by atoms with van der Waals surface area (Å²) in [6, 6.07) is 22.6. The normalized spacial score (nSPS) is 15.6. The lowest BCUT2D eigenvalue weighted by atomic mass is 9.98. The molecule has 3 aromatic carbocycles. The fraction of sp³-hybridized carbons (Fsp3) is 0.269. The van der Waals surface area contributed by atoms with Crippen LogP contribution in [0.5, 0.6) is 0 Å². The third-order valence-electron chi connectivity index (χ3n) is 5.95. The topological polar surface area (TPSA) is 69.7 Å². The number of benzene rings is 3. The Morgan fingerprint density at radius 3 is 2.21 bits per heavy atom. The van der Waals surface area contributed by atoms with Crippen LogP contribution in [0.2, 0.25) is 0 Å². The van der Waals surface area contributed by atoms with Gasteiger partial charge in [-0.1, -0.05) is 54.6 Å². The second-order valence-electron chi connectivity index (χ2n) is 8.44. The fourth-order valence-corrected chi connectivity index (χ4v) is 5.49. The minimum absolute atomic E-state index is 0.323. The van der Waals surface area contributed by atoms with Crippen molar-refractivity contribution in [3.05, 3.63) is 101 Å². The first-order valence-corrected chi connectivity index (χ1v) is 12.8. The molecule has 1 aliphatic rings. The number of nitrogens with zero attached hydrogens (tertiary/aromatic N) is 2. The van der Waals surface area contributed by atoms with Crippen LogP contribution >= 0.6 is 0 Å². The van der Waals surface area contributed by atoms with Gasteiger partial charge in [-0.15, -0.1) is 0 Å². The molecule has 1 saturated heterocycles. The summed E-state index contributed by atoms with van der Waals surface area (Å²) in [5.74, 6) is -1.62. The first-order valence-electron chi connectivity index (χ1n) is 11.2. The molecule has 8 heteroatoms. The minimum atomic E-state index is -3.78. The maximum Gasteiger partial charge on any atom is 0.237 e. The Kier molecular flexibility index (Phi) is 7.29. The Morgan fingerprint density at radius 1 is 0.912 bits per heavy atom. The molecule has 4 rings (SSSR count). The van der Waals surface area contributed by atoms with E-state index >= 15 is 0 Å². The first kappa shape index (κ1) is 23.9. The van der Waals surface area contributed by atoms with Crippen LogP contribution in [0.3, 0.4) is 0 Å². The van der Waals surface area contributed by atoms with Crippen LogP contribution in [-0.2, 0) is 14.8 Å². The molecule has 0 spiro atoms. The SMILES string of the molecule is Cc1cccc(N2CCN(S(=O)(=O)CC(=O)NC(c3ccccc3)c3ccc(F)cc3)CC2)c1. The lowest BCUT2D eigenvalue weighted by Crippen LogP contribution is -2.50. The van der Waals surface area contributed by atoms with Crippen LogP contribution in [0.4, 0.5) is 10.1 Å². The summed E-state index contributed by atoms with van der Waals surface area (Å²) < 4.78 is 40.8. The predicted molar refractivity (Wildman–Crippen MR) is 132 cm³/mol. The zero-order valence-corrected chi connectivity index (χ0v) is 19.8. The first-order chi connectivity index (χ1) is 16.3. The number of carbonyl (C=O) groups excluding carboxylic acids is 1. The maximum atomic E-state index is 13.4. The van der Waals surface area contributed by atoms with Gasteiger partial charge in [0.2, 0.25) is 15.9 Å². The smallest absolute Gasteiger partial charge is 0.237 e. The van der Waals surface area contributed by atoms with Gasteiger partial charge in [-0.2, -0.15) is 4.31 Å². The van der Waals surface area contributed by atoms with E-state index in [2.05, 4.69) is 16.3 Å². The highest BCUT2D eigenvalue weighted by Crippen LogP contribution is 2.23. The Labute approximate surface area is 200 Å². The van der Waals surface area contributed by atoms with E-state index in [1.807, 2.05) is 55.5 Å². The number of rotatable bonds is 7. The third-order valence-corrected chi connectivity index (χ3v) is 7.73. The van der Waals surface area contributed by atoms with Gasteiger partial charge in [0.1, 0.15) is 11.6 Å². The van der Waals surface area contributed by atoms with Crippen molar-refractivity contribution < 1.29 is 17.6 Å². The van der Waals surface area contributed by atoms with Crippen molar-refractivity contribution in [3.63, 3.8) is 0 Å². The molecule has 6 nitrogen and oxygen atoms in total. The molecule has 178 valence electrons. The summed E-state index contributed by atoms with van der Waals surface area (Å²) in [6.45, 7) is 3.80. The van der Waals surface area contributed by atoms with Crippen molar-refractivity contribution in [1.29, 1.82) is 0 Å². The molecule has 1 amide bonds. The molecule has 1 heterocycles. The molecular formula is C26H28FN3O3S. The second kappa shape index (κ2) is 10.4. The quantitative estimate of drug-likeness (QED) is 0.561. The highest BCUT2D eigenvalue weighted by Gasteiger charge is 2.30. The fourth-order valence-electron chi connectivity index (χ4n) is 4.17. The van der Waals surface area contributed by atoms with Crippen molar-refractivity contribution in [2.45, 2.75) is 13.0 Å². The number of anilines is 1. The Morgan fingerprint density at radius 2 is 1.56 bits per heavy atom. The van der Waals surface area contributed by atoms with Gasteiger partial charge in [-0.05, 0) is 47.9 Å². The van der Waals surface area contributed by atoms with Crippen molar-refractivity contribution in [2.24, 2.45) is 0 Å². The number of amides is 1. The van der Waals surface area contributed by atoms with E-state index in [1.165, 1.54) is 16.4 Å². The molecule has 0 bridgehead atoms. The summed E-state index contributed by atoms with van der Waals surface area (Å²) in [7, 11) is -3.78. The summed E-state index contributed by atoms with van der Waals surface area (Å²) in [4.78, 5) is 15.0. The average molecular weight is 482 g/mol. The van der Waals surface area contributed by atoms with E-state index < -0.39 is 27.7 Å². The number of hydrogen-bond acceptors (Lipinski definition) is 4. The largest absolute Gasteiger partial charge is 0.369 e. The number of aryl methyl sites for hydroxylation is 1. The summed E-state index contributed by atoms with van der Waals surface area (Å²) in [5.41, 5.74) is 3.68. The van der Waals surface area contributed by atoms with Crippen LogP contribution in [0.15, 0.2) is 78.9 Å². The maximum absolute atomic E-state index is 13.4. The average Bonchev–Trinajstić information content (AvgIpc) is 2.83. The van der Waals surface area contributed by atoms with Crippen molar-refractivity contribution in [3.8, 4) is 0 Å². The lowest BCUT2D eigenvalue weighted by Gasteiger charge is -2.35. The number of carbonyl (C=O) groups is 1. The molecule has 0 aliphatic carbocycles. The number of halogens is 1. The van der Waals surface area contributed by atoms with Gasteiger partial charge >= 0.3 is 0 Å². The van der Waals surface area contributed by atoms with Crippen molar-refractivity contribution in [2.75, 3.05) is 36.8 Å².